The molecule has 13 heavy (non-hydrogen) atoms. The maximum Gasteiger partial charge on any atom is 0.213 e. The Morgan fingerprint density at radius 1 is 1.46 bits per heavy atom. The predicted octanol–water partition coefficient (Wildman–Crippen LogP) is 1.55. The number of halogens is 1. The Hall–Kier alpha value is -0.390. The first-order chi connectivity index (χ1) is 5.90. The lowest BCUT2D eigenvalue weighted by molar-refractivity contribution is 0.597. The third-order valence-electron chi connectivity index (χ3n) is 1.74. The monoisotopic (exact) mass is 263 g/mol. The van der Waals surface area contributed by atoms with Crippen molar-refractivity contribution in [1.29, 1.82) is 0 Å². The molecule has 0 aliphatic carbocycles. The van der Waals surface area contributed by atoms with Gasteiger partial charge in [0.15, 0.2) is 0 Å². The van der Waals surface area contributed by atoms with Crippen LogP contribution < -0.4 is 5.14 Å². The number of primary sulfonamides is 1. The third-order valence-corrected chi connectivity index (χ3v) is 3.31. The van der Waals surface area contributed by atoms with Crippen molar-refractivity contribution in [2.45, 2.75) is 12.7 Å². The summed E-state index contributed by atoms with van der Waals surface area (Å²) in [4.78, 5) is 0. The van der Waals surface area contributed by atoms with Gasteiger partial charge in [0.25, 0.3) is 0 Å². The Labute approximate surface area is 86.1 Å². The largest absolute Gasteiger partial charge is 0.228 e. The number of hydrogen-bond donors (Lipinski definition) is 1. The second kappa shape index (κ2) is 3.77. The molecule has 0 bridgehead atoms. The van der Waals surface area contributed by atoms with E-state index in [1.54, 1.807) is 12.1 Å². The van der Waals surface area contributed by atoms with Crippen molar-refractivity contribution in [2.75, 3.05) is 0 Å². The van der Waals surface area contributed by atoms with E-state index in [4.69, 9.17) is 5.14 Å². The first kappa shape index (κ1) is 10.7. The van der Waals surface area contributed by atoms with Gasteiger partial charge in [-0.1, -0.05) is 28.1 Å². The summed E-state index contributed by atoms with van der Waals surface area (Å²) in [5.74, 6) is -0.113. The molecular weight excluding hydrogens is 254 g/mol. The second-order valence-corrected chi connectivity index (χ2v) is 5.30. The van der Waals surface area contributed by atoms with Crippen LogP contribution in [-0.4, -0.2) is 8.42 Å². The zero-order chi connectivity index (χ0) is 10.1. The lowest BCUT2D eigenvalue weighted by atomic mass is 10.1. The zero-order valence-electron chi connectivity index (χ0n) is 7.12. The number of nitrogens with two attached hydrogens (primary N) is 1. The normalized spacial score (nSPS) is 11.6. The summed E-state index contributed by atoms with van der Waals surface area (Å²) < 4.78 is 22.6. The summed E-state index contributed by atoms with van der Waals surface area (Å²) >= 11 is 3.32. The van der Waals surface area contributed by atoms with E-state index < -0.39 is 10.0 Å². The Kier molecular flexibility index (Phi) is 3.10. The molecule has 1 aromatic carbocycles. The molecular formula is C8H10BrNO2S. The molecule has 72 valence electrons. The minimum absolute atomic E-state index is 0.113. The van der Waals surface area contributed by atoms with Gasteiger partial charge in [0, 0.05) is 4.47 Å². The average Bonchev–Trinajstić information content (AvgIpc) is 1.96. The van der Waals surface area contributed by atoms with Gasteiger partial charge in [0.05, 0.1) is 5.75 Å². The van der Waals surface area contributed by atoms with E-state index in [1.165, 1.54) is 0 Å². The molecule has 0 spiro atoms. The molecule has 0 saturated heterocycles. The van der Waals surface area contributed by atoms with E-state index in [-0.39, 0.29) is 5.75 Å². The van der Waals surface area contributed by atoms with Crippen LogP contribution in [0.1, 0.15) is 11.1 Å². The van der Waals surface area contributed by atoms with Gasteiger partial charge in [-0.3, -0.25) is 0 Å². The van der Waals surface area contributed by atoms with Crippen molar-refractivity contribution in [3.05, 3.63) is 33.8 Å². The molecule has 0 unspecified atom stereocenters. The van der Waals surface area contributed by atoms with E-state index in [0.29, 0.717) is 0 Å². The van der Waals surface area contributed by atoms with Crippen LogP contribution in [0.2, 0.25) is 0 Å². The maximum atomic E-state index is 10.8. The van der Waals surface area contributed by atoms with Gasteiger partial charge in [-0.05, 0) is 24.1 Å². The van der Waals surface area contributed by atoms with Crippen LogP contribution >= 0.6 is 15.9 Å². The van der Waals surface area contributed by atoms with Crippen LogP contribution in [-0.2, 0) is 15.8 Å². The summed E-state index contributed by atoms with van der Waals surface area (Å²) in [7, 11) is -3.44. The molecule has 0 fully saturated rings. The lowest BCUT2D eigenvalue weighted by Crippen LogP contribution is -2.15. The molecule has 0 radical (unpaired) electrons. The first-order valence-electron chi connectivity index (χ1n) is 3.64. The fourth-order valence-corrected chi connectivity index (χ4v) is 2.18. The lowest BCUT2D eigenvalue weighted by Gasteiger charge is -2.05. The number of benzene rings is 1. The molecule has 0 aromatic heterocycles. The highest BCUT2D eigenvalue weighted by Crippen LogP contribution is 2.20. The fourth-order valence-electron chi connectivity index (χ4n) is 1.03. The van der Waals surface area contributed by atoms with Gasteiger partial charge >= 0.3 is 0 Å². The molecule has 0 aliphatic heterocycles. The van der Waals surface area contributed by atoms with Crippen LogP contribution in [0.25, 0.3) is 0 Å². The summed E-state index contributed by atoms with van der Waals surface area (Å²) in [6, 6.07) is 5.41. The molecule has 1 rings (SSSR count). The highest BCUT2D eigenvalue weighted by molar-refractivity contribution is 9.10. The molecule has 5 heteroatoms. The molecule has 2 N–H and O–H groups in total. The molecule has 3 nitrogen and oxygen atoms in total. The van der Waals surface area contributed by atoms with Gasteiger partial charge in [-0.25, -0.2) is 13.6 Å². The fraction of sp³-hybridized carbons (Fsp3) is 0.250. The number of sulfonamides is 1. The van der Waals surface area contributed by atoms with Gasteiger partial charge in [0.1, 0.15) is 0 Å². The highest BCUT2D eigenvalue weighted by atomic mass is 79.9. The highest BCUT2D eigenvalue weighted by Gasteiger charge is 2.08. The standard InChI is InChI=1S/C8H10BrNO2S/c1-6-7(5-13(10,11)12)3-2-4-8(6)9/h2-4H,5H2,1H3,(H2,10,11,12). The minimum Gasteiger partial charge on any atom is -0.228 e. The number of rotatable bonds is 2. The minimum atomic E-state index is -3.44. The Balaban J connectivity index is 3.10. The maximum absolute atomic E-state index is 10.8. The zero-order valence-corrected chi connectivity index (χ0v) is 9.52. The van der Waals surface area contributed by atoms with Crippen molar-refractivity contribution >= 4 is 26.0 Å². The summed E-state index contributed by atoms with van der Waals surface area (Å²) in [6.07, 6.45) is 0. The first-order valence-corrected chi connectivity index (χ1v) is 6.15. The summed E-state index contributed by atoms with van der Waals surface area (Å²) in [5.41, 5.74) is 1.65. The van der Waals surface area contributed by atoms with E-state index in [1.807, 2.05) is 13.0 Å². The van der Waals surface area contributed by atoms with Crippen LogP contribution in [0, 0.1) is 6.92 Å². The van der Waals surface area contributed by atoms with Crippen molar-refractivity contribution in [2.24, 2.45) is 5.14 Å². The molecule has 1 aromatic rings. The Bertz CT molecular complexity index is 414. The van der Waals surface area contributed by atoms with Gasteiger partial charge in [-0.2, -0.15) is 0 Å². The molecule has 0 atom stereocenters. The summed E-state index contributed by atoms with van der Waals surface area (Å²) in [6.45, 7) is 1.85. The quantitative estimate of drug-likeness (QED) is 0.880. The van der Waals surface area contributed by atoms with Crippen LogP contribution in [0.5, 0.6) is 0 Å². The Morgan fingerprint density at radius 3 is 2.62 bits per heavy atom. The molecule has 0 aliphatic rings. The van der Waals surface area contributed by atoms with E-state index >= 15 is 0 Å². The SMILES string of the molecule is Cc1c(Br)cccc1CS(N)(=O)=O. The van der Waals surface area contributed by atoms with Crippen molar-refractivity contribution in [1.82, 2.24) is 0 Å². The molecule has 0 amide bonds. The summed E-state index contributed by atoms with van der Waals surface area (Å²) in [5, 5.41) is 4.94. The van der Waals surface area contributed by atoms with E-state index in [0.717, 1.165) is 15.6 Å². The molecule has 0 saturated carbocycles. The van der Waals surface area contributed by atoms with Crippen LogP contribution in [0.4, 0.5) is 0 Å². The average molecular weight is 264 g/mol. The van der Waals surface area contributed by atoms with Gasteiger partial charge < -0.3 is 0 Å². The van der Waals surface area contributed by atoms with Gasteiger partial charge in [-0.15, -0.1) is 0 Å². The molecule has 0 heterocycles. The topological polar surface area (TPSA) is 60.2 Å². The predicted molar refractivity (Wildman–Crippen MR) is 55.7 cm³/mol. The van der Waals surface area contributed by atoms with Crippen molar-refractivity contribution < 1.29 is 8.42 Å². The third kappa shape index (κ3) is 3.10. The van der Waals surface area contributed by atoms with Crippen LogP contribution in [0.3, 0.4) is 0 Å². The number of hydrogen-bond acceptors (Lipinski definition) is 2. The van der Waals surface area contributed by atoms with E-state index in [9.17, 15) is 8.42 Å². The van der Waals surface area contributed by atoms with Crippen molar-refractivity contribution in [3.8, 4) is 0 Å². The Morgan fingerprint density at radius 2 is 2.08 bits per heavy atom. The van der Waals surface area contributed by atoms with Crippen LogP contribution in [0.15, 0.2) is 22.7 Å². The van der Waals surface area contributed by atoms with Crippen molar-refractivity contribution in [3.63, 3.8) is 0 Å². The smallest absolute Gasteiger partial charge is 0.213 e. The van der Waals surface area contributed by atoms with E-state index in [2.05, 4.69) is 15.9 Å². The van der Waals surface area contributed by atoms with Gasteiger partial charge in [0.2, 0.25) is 10.0 Å². The second-order valence-electron chi connectivity index (χ2n) is 2.83.